The van der Waals surface area contributed by atoms with Crippen LogP contribution in [0.25, 0.3) is 0 Å². The van der Waals surface area contributed by atoms with Crippen molar-refractivity contribution >= 4 is 17.4 Å². The molecule has 2 aliphatic heterocycles. The van der Waals surface area contributed by atoms with Gasteiger partial charge in [-0.1, -0.05) is 29.8 Å². The molecule has 0 bridgehead atoms. The van der Waals surface area contributed by atoms with Gasteiger partial charge in [-0.2, -0.15) is 0 Å². The number of rotatable bonds is 3. The van der Waals surface area contributed by atoms with Crippen LogP contribution in [-0.4, -0.2) is 54.3 Å². The highest BCUT2D eigenvalue weighted by Crippen LogP contribution is 2.39. The van der Waals surface area contributed by atoms with Gasteiger partial charge in [-0.3, -0.25) is 4.79 Å². The van der Waals surface area contributed by atoms with Crippen molar-refractivity contribution in [3.63, 3.8) is 0 Å². The molecule has 1 amide bonds. The molecular formula is C29H31N3O3. The number of nitrogens with zero attached hydrogens (tertiary/aromatic N) is 3. The molecule has 2 heterocycles. The molecule has 3 aromatic carbocycles. The van der Waals surface area contributed by atoms with Gasteiger partial charge in [0.1, 0.15) is 23.0 Å². The molecular weight excluding hydrogens is 438 g/mol. The van der Waals surface area contributed by atoms with Gasteiger partial charge in [-0.15, -0.1) is 0 Å². The second kappa shape index (κ2) is 9.45. The van der Waals surface area contributed by atoms with Crippen LogP contribution in [0.2, 0.25) is 0 Å². The first kappa shape index (κ1) is 23.0. The van der Waals surface area contributed by atoms with E-state index in [2.05, 4.69) is 43.9 Å². The molecule has 2 aliphatic rings. The third-order valence-electron chi connectivity index (χ3n) is 6.67. The maximum absolute atomic E-state index is 13.2. The van der Waals surface area contributed by atoms with Crippen molar-refractivity contribution in [2.45, 2.75) is 33.2 Å². The zero-order chi connectivity index (χ0) is 24.5. The zero-order valence-electron chi connectivity index (χ0n) is 20.7. The van der Waals surface area contributed by atoms with Crippen molar-refractivity contribution in [1.29, 1.82) is 0 Å². The van der Waals surface area contributed by atoms with E-state index in [0.29, 0.717) is 26.1 Å². The van der Waals surface area contributed by atoms with Gasteiger partial charge in [0.2, 0.25) is 5.91 Å². The molecule has 0 spiro atoms. The Morgan fingerprint density at radius 2 is 1.83 bits per heavy atom. The Morgan fingerprint density at radius 3 is 2.63 bits per heavy atom. The number of piperazine rings is 1. The number of benzene rings is 3. The summed E-state index contributed by atoms with van der Waals surface area (Å²) in [6, 6.07) is 20.1. The summed E-state index contributed by atoms with van der Waals surface area (Å²) in [7, 11) is 1.64. The summed E-state index contributed by atoms with van der Waals surface area (Å²) in [5.74, 6) is 3.38. The maximum Gasteiger partial charge on any atom is 0.227 e. The minimum absolute atomic E-state index is 0.0551. The van der Waals surface area contributed by atoms with Gasteiger partial charge in [-0.25, -0.2) is 4.99 Å². The largest absolute Gasteiger partial charge is 0.497 e. The Labute approximate surface area is 206 Å². The van der Waals surface area contributed by atoms with Gasteiger partial charge >= 0.3 is 0 Å². The lowest BCUT2D eigenvalue weighted by Crippen LogP contribution is -2.55. The second-order valence-electron chi connectivity index (χ2n) is 9.42. The summed E-state index contributed by atoms with van der Waals surface area (Å²) in [5, 5.41) is 0. The van der Waals surface area contributed by atoms with Crippen molar-refractivity contribution in [3.05, 3.63) is 82.9 Å². The van der Waals surface area contributed by atoms with E-state index in [-0.39, 0.29) is 11.9 Å². The standard InChI is InChI=1S/C29H31N3O3/c1-19-9-11-26-24(14-19)29(30-25-10-8-20(2)15-27(25)35-26)31-12-13-32(21(3)18-31)28(33)17-22-6-5-7-23(16-22)34-4/h5-11,14-16,21H,12-13,17-18H2,1-4H3/t21-/m0/s1. The topological polar surface area (TPSA) is 54.4 Å². The first-order valence-corrected chi connectivity index (χ1v) is 12.1. The van der Waals surface area contributed by atoms with Crippen LogP contribution in [0.3, 0.4) is 0 Å². The molecule has 0 unspecified atom stereocenters. The van der Waals surface area contributed by atoms with Gasteiger partial charge < -0.3 is 19.3 Å². The van der Waals surface area contributed by atoms with Gasteiger partial charge in [0, 0.05) is 25.7 Å². The minimum atomic E-state index is 0.0551. The molecule has 0 radical (unpaired) electrons. The molecule has 5 rings (SSSR count). The summed E-state index contributed by atoms with van der Waals surface area (Å²) < 4.78 is 11.6. The highest BCUT2D eigenvalue weighted by molar-refractivity contribution is 6.04. The molecule has 3 aromatic rings. The van der Waals surface area contributed by atoms with Crippen molar-refractivity contribution in [2.75, 3.05) is 26.7 Å². The fourth-order valence-corrected chi connectivity index (χ4v) is 4.82. The first-order chi connectivity index (χ1) is 16.9. The molecule has 1 saturated heterocycles. The van der Waals surface area contributed by atoms with Crippen molar-refractivity contribution in [3.8, 4) is 17.2 Å². The number of hydrogen-bond donors (Lipinski definition) is 0. The lowest BCUT2D eigenvalue weighted by Gasteiger charge is -2.41. The number of methoxy groups -OCH3 is 1. The van der Waals surface area contributed by atoms with Crippen LogP contribution >= 0.6 is 0 Å². The summed E-state index contributed by atoms with van der Waals surface area (Å²) in [5.41, 5.74) is 5.06. The first-order valence-electron chi connectivity index (χ1n) is 12.1. The third kappa shape index (κ3) is 4.74. The molecule has 180 valence electrons. The van der Waals surface area contributed by atoms with E-state index < -0.39 is 0 Å². The Kier molecular flexibility index (Phi) is 6.20. The van der Waals surface area contributed by atoms with Crippen LogP contribution in [0, 0.1) is 13.8 Å². The van der Waals surface area contributed by atoms with Crippen LogP contribution in [0.15, 0.2) is 65.7 Å². The lowest BCUT2D eigenvalue weighted by atomic mass is 10.1. The number of carbonyl (C=O) groups is 1. The fraction of sp³-hybridized carbons (Fsp3) is 0.310. The van der Waals surface area contributed by atoms with E-state index in [1.165, 1.54) is 0 Å². The smallest absolute Gasteiger partial charge is 0.227 e. The van der Waals surface area contributed by atoms with Crippen LogP contribution < -0.4 is 9.47 Å². The zero-order valence-corrected chi connectivity index (χ0v) is 20.7. The van der Waals surface area contributed by atoms with Gasteiger partial charge in [0.05, 0.1) is 19.1 Å². The quantitative estimate of drug-likeness (QED) is 0.524. The normalized spacial score (nSPS) is 17.0. The summed E-state index contributed by atoms with van der Waals surface area (Å²) >= 11 is 0. The van der Waals surface area contributed by atoms with Gasteiger partial charge in [-0.05, 0) is 68.3 Å². The number of carbonyl (C=O) groups excluding carboxylic acids is 1. The Bertz CT molecular complexity index is 1300. The van der Waals surface area contributed by atoms with E-state index in [4.69, 9.17) is 14.5 Å². The molecule has 1 atom stereocenters. The van der Waals surface area contributed by atoms with Crippen LogP contribution in [0.1, 0.15) is 29.2 Å². The second-order valence-corrected chi connectivity index (χ2v) is 9.42. The Hall–Kier alpha value is -3.80. The Balaban J connectivity index is 1.39. The lowest BCUT2D eigenvalue weighted by molar-refractivity contribution is -0.134. The molecule has 6 heteroatoms. The van der Waals surface area contributed by atoms with Gasteiger partial charge in [0.15, 0.2) is 5.75 Å². The molecule has 0 N–H and O–H groups in total. The van der Waals surface area contributed by atoms with Crippen molar-refractivity contribution in [1.82, 2.24) is 9.80 Å². The molecule has 0 saturated carbocycles. The minimum Gasteiger partial charge on any atom is -0.497 e. The van der Waals surface area contributed by atoms with Crippen LogP contribution in [-0.2, 0) is 11.2 Å². The summed E-state index contributed by atoms with van der Waals surface area (Å²) in [6.07, 6.45) is 0.366. The number of hydrogen-bond acceptors (Lipinski definition) is 5. The van der Waals surface area contributed by atoms with Crippen LogP contribution in [0.5, 0.6) is 17.2 Å². The molecule has 35 heavy (non-hydrogen) atoms. The number of fused-ring (bicyclic) bond motifs is 2. The van der Waals surface area contributed by atoms with E-state index in [0.717, 1.165) is 51.0 Å². The molecule has 1 fully saturated rings. The number of amidine groups is 1. The van der Waals surface area contributed by atoms with E-state index >= 15 is 0 Å². The monoisotopic (exact) mass is 469 g/mol. The SMILES string of the molecule is COc1cccc(CC(=O)N2CCN(C3=Nc4ccc(C)cc4Oc4ccc(C)cc43)C[C@@H]2C)c1. The number of aliphatic imine (C=N–C) groups is 1. The van der Waals surface area contributed by atoms with Crippen molar-refractivity contribution < 1.29 is 14.3 Å². The highest BCUT2D eigenvalue weighted by Gasteiger charge is 2.31. The summed E-state index contributed by atoms with van der Waals surface area (Å²) in [6.45, 7) is 8.30. The third-order valence-corrected chi connectivity index (χ3v) is 6.67. The number of amides is 1. The number of ether oxygens (including phenoxy) is 2. The number of aryl methyl sites for hydroxylation is 2. The van der Waals surface area contributed by atoms with E-state index in [9.17, 15) is 4.79 Å². The maximum atomic E-state index is 13.2. The van der Waals surface area contributed by atoms with Crippen LogP contribution in [0.4, 0.5) is 5.69 Å². The molecule has 0 aliphatic carbocycles. The molecule has 0 aromatic heterocycles. The predicted molar refractivity (Wildman–Crippen MR) is 138 cm³/mol. The van der Waals surface area contributed by atoms with Crippen molar-refractivity contribution in [2.24, 2.45) is 4.99 Å². The summed E-state index contributed by atoms with van der Waals surface area (Å²) in [4.78, 5) is 22.5. The average Bonchev–Trinajstić information content (AvgIpc) is 3.00. The predicted octanol–water partition coefficient (Wildman–Crippen LogP) is 5.27. The van der Waals surface area contributed by atoms with E-state index in [1.807, 2.05) is 47.4 Å². The van der Waals surface area contributed by atoms with E-state index in [1.54, 1.807) is 7.11 Å². The molecule has 6 nitrogen and oxygen atoms in total. The fourth-order valence-electron chi connectivity index (χ4n) is 4.82. The van der Waals surface area contributed by atoms with Gasteiger partial charge in [0.25, 0.3) is 0 Å². The highest BCUT2D eigenvalue weighted by atomic mass is 16.5. The Morgan fingerprint density at radius 1 is 1.03 bits per heavy atom. The average molecular weight is 470 g/mol.